The first-order valence-electron chi connectivity index (χ1n) is 9.80. The summed E-state index contributed by atoms with van der Waals surface area (Å²) in [5, 5.41) is 14.7. The highest BCUT2D eigenvalue weighted by atomic mass is 16.6. The molecule has 0 saturated carbocycles. The van der Waals surface area contributed by atoms with Gasteiger partial charge < -0.3 is 20.1 Å². The molecular formula is C22H24N4O4. The second kappa shape index (κ2) is 10.3. The molecule has 0 unspecified atom stereocenters. The number of likely N-dealkylation sites (N-methyl/N-ethyl adjacent to an activating group) is 1. The molecule has 3 rings (SSSR count). The third-order valence-corrected chi connectivity index (χ3v) is 4.62. The van der Waals surface area contributed by atoms with E-state index in [1.165, 1.54) is 0 Å². The summed E-state index contributed by atoms with van der Waals surface area (Å²) in [6.07, 6.45) is 0.213. The van der Waals surface area contributed by atoms with Crippen molar-refractivity contribution in [2.75, 3.05) is 43.5 Å². The first-order valence-corrected chi connectivity index (χ1v) is 9.80. The predicted molar refractivity (Wildman–Crippen MR) is 113 cm³/mol. The number of carbonyl (C=O) groups is 2. The number of anilines is 2. The van der Waals surface area contributed by atoms with Crippen molar-refractivity contribution in [2.24, 2.45) is 0 Å². The number of fused-ring (bicyclic) bond motifs is 1. The largest absolute Gasteiger partial charge is 0.486 e. The van der Waals surface area contributed by atoms with Gasteiger partial charge in [0.2, 0.25) is 11.8 Å². The molecule has 30 heavy (non-hydrogen) atoms. The molecule has 2 N–H and O–H groups in total. The lowest BCUT2D eigenvalue weighted by Gasteiger charge is -2.21. The molecule has 8 nitrogen and oxygen atoms in total. The quantitative estimate of drug-likeness (QED) is 0.696. The van der Waals surface area contributed by atoms with Crippen LogP contribution in [0, 0.1) is 11.3 Å². The number of nitrogens with one attached hydrogen (secondary N) is 2. The van der Waals surface area contributed by atoms with Crippen molar-refractivity contribution in [3.05, 3.63) is 48.0 Å². The fourth-order valence-corrected chi connectivity index (χ4v) is 3.04. The van der Waals surface area contributed by atoms with E-state index < -0.39 is 0 Å². The number of nitrogens with zero attached hydrogens (tertiary/aromatic N) is 2. The topological polar surface area (TPSA) is 104 Å². The van der Waals surface area contributed by atoms with Gasteiger partial charge >= 0.3 is 0 Å². The molecule has 1 aliphatic rings. The summed E-state index contributed by atoms with van der Waals surface area (Å²) in [7, 11) is 0. The van der Waals surface area contributed by atoms with Gasteiger partial charge in [-0.1, -0.05) is 19.1 Å². The summed E-state index contributed by atoms with van der Waals surface area (Å²) < 4.78 is 11.0. The number of hydrogen-bond donors (Lipinski definition) is 2. The molecule has 0 saturated heterocycles. The highest BCUT2D eigenvalue weighted by Crippen LogP contribution is 2.32. The molecule has 1 aliphatic heterocycles. The average molecular weight is 408 g/mol. The minimum absolute atomic E-state index is 0.160. The Morgan fingerprint density at radius 3 is 2.60 bits per heavy atom. The van der Waals surface area contributed by atoms with Crippen molar-refractivity contribution in [2.45, 2.75) is 13.3 Å². The molecule has 0 atom stereocenters. The minimum atomic E-state index is -0.205. The number of rotatable bonds is 8. The normalized spacial score (nSPS) is 12.2. The molecule has 0 radical (unpaired) electrons. The third kappa shape index (κ3) is 5.72. The van der Waals surface area contributed by atoms with E-state index in [9.17, 15) is 9.59 Å². The Labute approximate surface area is 175 Å². The van der Waals surface area contributed by atoms with Gasteiger partial charge in [-0.05, 0) is 30.8 Å². The Bertz CT molecular complexity index is 954. The molecule has 0 fully saturated rings. The van der Waals surface area contributed by atoms with Gasteiger partial charge in [-0.3, -0.25) is 14.5 Å². The van der Waals surface area contributed by atoms with E-state index in [4.69, 9.17) is 14.7 Å². The molecular weight excluding hydrogens is 384 g/mol. The van der Waals surface area contributed by atoms with Gasteiger partial charge in [-0.15, -0.1) is 0 Å². The highest BCUT2D eigenvalue weighted by molar-refractivity contribution is 5.93. The van der Waals surface area contributed by atoms with Gasteiger partial charge in [-0.2, -0.15) is 5.26 Å². The van der Waals surface area contributed by atoms with E-state index in [2.05, 4.69) is 16.7 Å². The zero-order valence-electron chi connectivity index (χ0n) is 16.8. The number of nitriles is 1. The maximum absolute atomic E-state index is 12.4. The van der Waals surface area contributed by atoms with E-state index in [-0.39, 0.29) is 24.8 Å². The molecule has 0 spiro atoms. The van der Waals surface area contributed by atoms with Gasteiger partial charge in [-0.25, -0.2) is 0 Å². The minimum Gasteiger partial charge on any atom is -0.486 e. The van der Waals surface area contributed by atoms with Gasteiger partial charge in [0.15, 0.2) is 11.5 Å². The SMILES string of the molecule is CCN(CCC(=O)Nc1ccccc1C#N)CC(=O)Nc1ccc2c(c1)OCCO2. The Balaban J connectivity index is 1.48. The molecule has 156 valence electrons. The van der Waals surface area contributed by atoms with Crippen molar-refractivity contribution in [3.63, 3.8) is 0 Å². The number of amides is 2. The van der Waals surface area contributed by atoms with Crippen molar-refractivity contribution in [1.29, 1.82) is 5.26 Å². The van der Waals surface area contributed by atoms with Crippen LogP contribution >= 0.6 is 0 Å². The zero-order valence-corrected chi connectivity index (χ0v) is 16.8. The van der Waals surface area contributed by atoms with Crippen molar-refractivity contribution in [1.82, 2.24) is 4.90 Å². The second-order valence-corrected chi connectivity index (χ2v) is 6.73. The van der Waals surface area contributed by atoms with E-state index in [0.717, 1.165) is 0 Å². The third-order valence-electron chi connectivity index (χ3n) is 4.62. The van der Waals surface area contributed by atoms with E-state index >= 15 is 0 Å². The van der Waals surface area contributed by atoms with Gasteiger partial charge in [0, 0.05) is 24.7 Å². The smallest absolute Gasteiger partial charge is 0.238 e. The highest BCUT2D eigenvalue weighted by Gasteiger charge is 2.15. The van der Waals surface area contributed by atoms with Crippen molar-refractivity contribution in [3.8, 4) is 17.6 Å². The molecule has 8 heteroatoms. The average Bonchev–Trinajstić information content (AvgIpc) is 2.76. The molecule has 2 amide bonds. The van der Waals surface area contributed by atoms with Crippen LogP contribution in [0.4, 0.5) is 11.4 Å². The first-order chi connectivity index (χ1) is 14.6. The van der Waals surface area contributed by atoms with Crippen LogP contribution in [0.1, 0.15) is 18.9 Å². The van der Waals surface area contributed by atoms with Crippen LogP contribution in [0.5, 0.6) is 11.5 Å². The number of ether oxygens (including phenoxy) is 2. The summed E-state index contributed by atoms with van der Waals surface area (Å²) in [6.45, 7) is 4.13. The van der Waals surface area contributed by atoms with Crippen LogP contribution in [0.2, 0.25) is 0 Å². The van der Waals surface area contributed by atoms with E-state index in [0.29, 0.717) is 54.7 Å². The van der Waals surface area contributed by atoms with E-state index in [1.54, 1.807) is 42.5 Å². The Morgan fingerprint density at radius 1 is 1.07 bits per heavy atom. The molecule has 2 aromatic carbocycles. The molecule has 0 aromatic heterocycles. The fourth-order valence-electron chi connectivity index (χ4n) is 3.04. The maximum atomic E-state index is 12.4. The van der Waals surface area contributed by atoms with Crippen LogP contribution in [0.3, 0.4) is 0 Å². The zero-order chi connectivity index (χ0) is 21.3. The Morgan fingerprint density at radius 2 is 1.83 bits per heavy atom. The molecule has 2 aromatic rings. The lowest BCUT2D eigenvalue weighted by Crippen LogP contribution is -2.35. The number of benzene rings is 2. The summed E-state index contributed by atoms with van der Waals surface area (Å²) in [6, 6.07) is 14.2. The fraction of sp³-hybridized carbons (Fsp3) is 0.318. The number of carbonyl (C=O) groups excluding carboxylic acids is 2. The standard InChI is InChI=1S/C22H24N4O4/c1-2-26(10-9-21(27)25-18-6-4-3-5-16(18)14-23)15-22(28)24-17-7-8-19-20(13-17)30-12-11-29-19/h3-8,13H,2,9-12,15H2,1H3,(H,24,28)(H,25,27). The van der Waals surface area contributed by atoms with Gasteiger partial charge in [0.1, 0.15) is 19.3 Å². The first kappa shape index (κ1) is 21.1. The predicted octanol–water partition coefficient (Wildman–Crippen LogP) is 2.62. The lowest BCUT2D eigenvalue weighted by molar-refractivity contribution is -0.119. The summed E-state index contributed by atoms with van der Waals surface area (Å²) in [4.78, 5) is 26.5. The van der Waals surface area contributed by atoms with E-state index in [1.807, 2.05) is 11.8 Å². The number of hydrogen-bond acceptors (Lipinski definition) is 6. The van der Waals surface area contributed by atoms with Crippen LogP contribution < -0.4 is 20.1 Å². The number of para-hydroxylation sites is 1. The molecule has 1 heterocycles. The summed E-state index contributed by atoms with van der Waals surface area (Å²) in [5.41, 5.74) is 1.53. The van der Waals surface area contributed by atoms with Crippen LogP contribution in [-0.2, 0) is 9.59 Å². The van der Waals surface area contributed by atoms with Gasteiger partial charge in [0.05, 0.1) is 17.8 Å². The van der Waals surface area contributed by atoms with Gasteiger partial charge in [0.25, 0.3) is 0 Å². The Kier molecular flexibility index (Phi) is 7.24. The van der Waals surface area contributed by atoms with Crippen LogP contribution in [-0.4, -0.2) is 49.6 Å². The van der Waals surface area contributed by atoms with Crippen molar-refractivity contribution < 1.29 is 19.1 Å². The lowest BCUT2D eigenvalue weighted by atomic mass is 10.2. The van der Waals surface area contributed by atoms with Crippen molar-refractivity contribution >= 4 is 23.2 Å². The Hall–Kier alpha value is -3.57. The second-order valence-electron chi connectivity index (χ2n) is 6.73. The maximum Gasteiger partial charge on any atom is 0.238 e. The van der Waals surface area contributed by atoms with Crippen LogP contribution in [0.25, 0.3) is 0 Å². The molecule has 0 aliphatic carbocycles. The summed E-state index contributed by atoms with van der Waals surface area (Å²) in [5.74, 6) is 0.895. The van der Waals surface area contributed by atoms with Crippen LogP contribution in [0.15, 0.2) is 42.5 Å². The summed E-state index contributed by atoms with van der Waals surface area (Å²) >= 11 is 0. The molecule has 0 bridgehead atoms. The monoisotopic (exact) mass is 408 g/mol.